The molecule has 146 valence electrons. The Balaban J connectivity index is 1.92. The lowest BCUT2D eigenvalue weighted by Crippen LogP contribution is -2.23. The van der Waals surface area contributed by atoms with Gasteiger partial charge in [-0.1, -0.05) is 11.6 Å². The van der Waals surface area contributed by atoms with Gasteiger partial charge in [0.15, 0.2) is 16.9 Å². The van der Waals surface area contributed by atoms with Gasteiger partial charge in [0.25, 0.3) is 0 Å². The highest BCUT2D eigenvalue weighted by molar-refractivity contribution is 8.04. The second-order valence-electron chi connectivity index (χ2n) is 6.03. The highest BCUT2D eigenvalue weighted by Gasteiger charge is 2.16. The van der Waals surface area contributed by atoms with Gasteiger partial charge >= 0.3 is 0 Å². The fourth-order valence-corrected chi connectivity index (χ4v) is 3.47. The standard InChI is InChI=1S/C19H19ClN4O3S/c1-4-24-17(12-5-7-13(20)8-6-12)21-22-19(24)28-15(18(25)26)11-14-9-10-16(27-14)23(2)3/h5-11H,4H2,1-3H3,(H,25,26)/p-1/b15-11+. The number of carbonyl (C=O) groups is 1. The van der Waals surface area contributed by atoms with E-state index in [0.717, 1.165) is 17.3 Å². The molecule has 2 aromatic heterocycles. The molecule has 0 atom stereocenters. The Bertz CT molecular complexity index is 1010. The number of anilines is 1. The molecule has 3 rings (SSSR count). The van der Waals surface area contributed by atoms with Gasteiger partial charge in [-0.3, -0.25) is 0 Å². The second-order valence-corrected chi connectivity index (χ2v) is 7.47. The molecule has 0 aliphatic rings. The molecule has 0 aliphatic heterocycles. The molecular formula is C19H18ClN4O3S-. The summed E-state index contributed by atoms with van der Waals surface area (Å²) >= 11 is 6.91. The Labute approximate surface area is 171 Å². The van der Waals surface area contributed by atoms with Gasteiger partial charge in [0.1, 0.15) is 5.76 Å². The monoisotopic (exact) mass is 417 g/mol. The molecule has 2 heterocycles. The quantitative estimate of drug-likeness (QED) is 0.431. The van der Waals surface area contributed by atoms with Gasteiger partial charge in [-0.25, -0.2) is 0 Å². The second kappa shape index (κ2) is 8.53. The minimum absolute atomic E-state index is 0.0237. The van der Waals surface area contributed by atoms with Crippen LogP contribution in [0.2, 0.25) is 5.02 Å². The molecule has 3 aromatic rings. The first-order valence-corrected chi connectivity index (χ1v) is 9.65. The summed E-state index contributed by atoms with van der Waals surface area (Å²) in [6.07, 6.45) is 1.42. The summed E-state index contributed by atoms with van der Waals surface area (Å²) < 4.78 is 7.43. The normalized spacial score (nSPS) is 11.6. The first kappa shape index (κ1) is 20.0. The number of halogens is 1. The maximum atomic E-state index is 11.6. The van der Waals surface area contributed by atoms with Crippen LogP contribution in [-0.2, 0) is 11.3 Å². The molecule has 0 aliphatic carbocycles. The zero-order chi connectivity index (χ0) is 20.3. The molecule has 0 fully saturated rings. The molecular weight excluding hydrogens is 400 g/mol. The Morgan fingerprint density at radius 1 is 1.25 bits per heavy atom. The summed E-state index contributed by atoms with van der Waals surface area (Å²) in [5.41, 5.74) is 0.839. The van der Waals surface area contributed by atoms with E-state index in [1.54, 1.807) is 29.2 Å². The van der Waals surface area contributed by atoms with E-state index in [9.17, 15) is 9.90 Å². The first-order chi connectivity index (χ1) is 13.4. The van der Waals surface area contributed by atoms with E-state index < -0.39 is 5.97 Å². The van der Waals surface area contributed by atoms with Crippen molar-refractivity contribution < 1.29 is 14.3 Å². The average Bonchev–Trinajstić information content (AvgIpc) is 3.28. The molecule has 0 N–H and O–H groups in total. The predicted octanol–water partition coefficient (Wildman–Crippen LogP) is 3.16. The number of aliphatic carboxylic acids is 1. The SMILES string of the molecule is CCn1c(S/C(=C/c2ccc(N(C)C)o2)C(=O)[O-])nnc1-c1ccc(Cl)cc1. The summed E-state index contributed by atoms with van der Waals surface area (Å²) in [4.78, 5) is 13.4. The Morgan fingerprint density at radius 3 is 2.54 bits per heavy atom. The summed E-state index contributed by atoms with van der Waals surface area (Å²) in [6.45, 7) is 2.50. The maximum absolute atomic E-state index is 11.6. The lowest BCUT2D eigenvalue weighted by atomic mass is 10.2. The molecule has 9 heteroatoms. The van der Waals surface area contributed by atoms with Crippen molar-refractivity contribution in [3.63, 3.8) is 0 Å². The third-order valence-corrected chi connectivity index (χ3v) is 5.11. The number of carboxylic acid groups (broad SMARTS) is 1. The molecule has 0 bridgehead atoms. The number of thioether (sulfide) groups is 1. The number of nitrogens with zero attached hydrogens (tertiary/aromatic N) is 4. The highest BCUT2D eigenvalue weighted by atomic mass is 35.5. The smallest absolute Gasteiger partial charge is 0.196 e. The van der Waals surface area contributed by atoms with Crippen LogP contribution < -0.4 is 10.0 Å². The molecule has 0 amide bonds. The molecule has 7 nitrogen and oxygen atoms in total. The molecule has 0 saturated carbocycles. The third-order valence-electron chi connectivity index (χ3n) is 3.86. The van der Waals surface area contributed by atoms with Crippen molar-refractivity contribution >= 4 is 41.3 Å². The van der Waals surface area contributed by atoms with Gasteiger partial charge in [-0.15, -0.1) is 10.2 Å². The molecule has 0 spiro atoms. The number of carbonyl (C=O) groups excluding carboxylic acids is 1. The van der Waals surface area contributed by atoms with E-state index >= 15 is 0 Å². The van der Waals surface area contributed by atoms with Crippen molar-refractivity contribution in [2.24, 2.45) is 0 Å². The van der Waals surface area contributed by atoms with Crippen molar-refractivity contribution in [1.82, 2.24) is 14.8 Å². The van der Waals surface area contributed by atoms with E-state index in [-0.39, 0.29) is 4.91 Å². The van der Waals surface area contributed by atoms with E-state index in [4.69, 9.17) is 16.0 Å². The van der Waals surface area contributed by atoms with E-state index in [1.165, 1.54) is 6.08 Å². The number of rotatable bonds is 7. The summed E-state index contributed by atoms with van der Waals surface area (Å²) in [7, 11) is 3.67. The van der Waals surface area contributed by atoms with Gasteiger partial charge in [0.05, 0.1) is 5.97 Å². The topological polar surface area (TPSA) is 87.2 Å². The minimum Gasteiger partial charge on any atom is -0.544 e. The van der Waals surface area contributed by atoms with Crippen molar-refractivity contribution in [2.45, 2.75) is 18.6 Å². The van der Waals surface area contributed by atoms with Crippen LogP contribution in [-0.4, -0.2) is 34.8 Å². The number of furan rings is 1. The third kappa shape index (κ3) is 4.40. The van der Waals surface area contributed by atoms with Crippen molar-refractivity contribution in [3.8, 4) is 11.4 Å². The fraction of sp³-hybridized carbons (Fsp3) is 0.211. The summed E-state index contributed by atoms with van der Waals surface area (Å²) in [6, 6.07) is 10.7. The molecule has 0 saturated heterocycles. The van der Waals surface area contributed by atoms with E-state index in [1.807, 2.05) is 37.7 Å². The van der Waals surface area contributed by atoms with Gasteiger partial charge < -0.3 is 23.8 Å². The van der Waals surface area contributed by atoms with Gasteiger partial charge in [-0.2, -0.15) is 0 Å². The lowest BCUT2D eigenvalue weighted by molar-refractivity contribution is -0.298. The van der Waals surface area contributed by atoms with Crippen LogP contribution >= 0.6 is 23.4 Å². The van der Waals surface area contributed by atoms with Gasteiger partial charge in [0.2, 0.25) is 0 Å². The Hall–Kier alpha value is -2.71. The number of benzene rings is 1. The number of carboxylic acids is 1. The maximum Gasteiger partial charge on any atom is 0.196 e. The Kier molecular flexibility index (Phi) is 6.11. The van der Waals surface area contributed by atoms with Crippen LogP contribution in [0.1, 0.15) is 12.7 Å². The fourth-order valence-electron chi connectivity index (χ4n) is 2.48. The van der Waals surface area contributed by atoms with Gasteiger partial charge in [0, 0.05) is 42.2 Å². The summed E-state index contributed by atoms with van der Waals surface area (Å²) in [5.74, 6) is 0.352. The molecule has 0 radical (unpaired) electrons. The zero-order valence-corrected chi connectivity index (χ0v) is 17.1. The number of hydrogen-bond donors (Lipinski definition) is 0. The molecule has 0 unspecified atom stereocenters. The van der Waals surface area contributed by atoms with E-state index in [2.05, 4.69) is 10.2 Å². The predicted molar refractivity (Wildman–Crippen MR) is 108 cm³/mol. The Morgan fingerprint density at radius 2 is 1.96 bits per heavy atom. The van der Waals surface area contributed by atoms with E-state index in [0.29, 0.717) is 34.2 Å². The first-order valence-electron chi connectivity index (χ1n) is 8.46. The summed E-state index contributed by atoms with van der Waals surface area (Å²) in [5, 5.41) is 21.1. The average molecular weight is 418 g/mol. The lowest BCUT2D eigenvalue weighted by Gasteiger charge is -2.10. The zero-order valence-electron chi connectivity index (χ0n) is 15.5. The van der Waals surface area contributed by atoms with Gasteiger partial charge in [-0.05, 0) is 55.1 Å². The van der Waals surface area contributed by atoms with Crippen LogP contribution in [0.4, 0.5) is 5.88 Å². The highest BCUT2D eigenvalue weighted by Crippen LogP contribution is 2.31. The molecule has 1 aromatic carbocycles. The van der Waals surface area contributed by atoms with Crippen LogP contribution in [0.15, 0.2) is 50.9 Å². The largest absolute Gasteiger partial charge is 0.544 e. The number of hydrogen-bond acceptors (Lipinski definition) is 7. The minimum atomic E-state index is -1.31. The van der Waals surface area contributed by atoms with Crippen molar-refractivity contribution in [1.29, 1.82) is 0 Å². The molecule has 28 heavy (non-hydrogen) atoms. The van der Waals surface area contributed by atoms with Crippen LogP contribution in [0.3, 0.4) is 0 Å². The van der Waals surface area contributed by atoms with Crippen LogP contribution in [0.25, 0.3) is 17.5 Å². The van der Waals surface area contributed by atoms with Crippen molar-refractivity contribution in [3.05, 3.63) is 52.1 Å². The van der Waals surface area contributed by atoms with Crippen molar-refractivity contribution in [2.75, 3.05) is 19.0 Å². The van der Waals surface area contributed by atoms with Crippen LogP contribution in [0.5, 0.6) is 0 Å². The van der Waals surface area contributed by atoms with Crippen LogP contribution in [0, 0.1) is 0 Å². The number of aromatic nitrogens is 3.